The zero-order valence-corrected chi connectivity index (χ0v) is 9.50. The van der Waals surface area contributed by atoms with Crippen molar-refractivity contribution >= 4 is 11.9 Å². The maximum absolute atomic E-state index is 11.1. The van der Waals surface area contributed by atoms with Crippen LogP contribution in [0.1, 0.15) is 27.2 Å². The highest BCUT2D eigenvalue weighted by molar-refractivity contribution is 5.77. The average molecular weight is 217 g/mol. The van der Waals surface area contributed by atoms with Gasteiger partial charge in [0.25, 0.3) is 0 Å². The number of carbonyl (C=O) groups is 2. The number of ether oxygens (including phenoxy) is 1. The number of carbonyl (C=O) groups excluding carboxylic acids is 1. The minimum atomic E-state index is -0.860. The minimum absolute atomic E-state index is 0.0317. The summed E-state index contributed by atoms with van der Waals surface area (Å²) in [6, 6.07) is 0. The fourth-order valence-corrected chi connectivity index (χ4v) is 0.867. The molecule has 0 aliphatic heterocycles. The molecule has 5 heteroatoms. The van der Waals surface area contributed by atoms with E-state index in [1.165, 1.54) is 0 Å². The van der Waals surface area contributed by atoms with E-state index in [0.717, 1.165) is 0 Å². The molecule has 0 aromatic heterocycles. The van der Waals surface area contributed by atoms with Gasteiger partial charge in [-0.3, -0.25) is 9.59 Å². The van der Waals surface area contributed by atoms with Crippen molar-refractivity contribution in [2.75, 3.05) is 19.8 Å². The number of hydrogen-bond acceptors (Lipinski definition) is 3. The highest BCUT2D eigenvalue weighted by Crippen LogP contribution is 2.19. The van der Waals surface area contributed by atoms with Gasteiger partial charge in [-0.1, -0.05) is 0 Å². The highest BCUT2D eigenvalue weighted by Gasteiger charge is 2.26. The normalized spacial score (nSPS) is 11.1. The zero-order valence-electron chi connectivity index (χ0n) is 9.50. The fraction of sp³-hybridized carbons (Fsp3) is 0.800. The largest absolute Gasteiger partial charge is 0.481 e. The van der Waals surface area contributed by atoms with Crippen LogP contribution in [-0.2, 0) is 14.3 Å². The van der Waals surface area contributed by atoms with Crippen LogP contribution < -0.4 is 5.32 Å². The van der Waals surface area contributed by atoms with Crippen LogP contribution in [0.3, 0.4) is 0 Å². The number of carboxylic acids is 1. The third-order valence-corrected chi connectivity index (χ3v) is 2.09. The SMILES string of the molecule is CCOCC(=O)NCCC(C)(C)C(=O)O. The topological polar surface area (TPSA) is 75.6 Å². The monoisotopic (exact) mass is 217 g/mol. The molecular formula is C10H19NO4. The van der Waals surface area contributed by atoms with Crippen molar-refractivity contribution in [2.45, 2.75) is 27.2 Å². The Morgan fingerprint density at radius 2 is 2.00 bits per heavy atom. The van der Waals surface area contributed by atoms with E-state index in [1.807, 2.05) is 0 Å². The van der Waals surface area contributed by atoms with Gasteiger partial charge in [-0.2, -0.15) is 0 Å². The summed E-state index contributed by atoms with van der Waals surface area (Å²) in [5.41, 5.74) is -0.807. The minimum Gasteiger partial charge on any atom is -0.481 e. The van der Waals surface area contributed by atoms with E-state index in [2.05, 4.69) is 5.32 Å². The second-order valence-corrected chi connectivity index (χ2v) is 3.93. The zero-order chi connectivity index (χ0) is 11.9. The quantitative estimate of drug-likeness (QED) is 0.656. The average Bonchev–Trinajstić information content (AvgIpc) is 2.14. The van der Waals surface area contributed by atoms with Crippen LogP contribution in [0.15, 0.2) is 0 Å². The Morgan fingerprint density at radius 1 is 1.40 bits per heavy atom. The molecule has 5 nitrogen and oxygen atoms in total. The van der Waals surface area contributed by atoms with E-state index in [1.54, 1.807) is 20.8 Å². The molecule has 0 saturated carbocycles. The molecule has 0 spiro atoms. The number of rotatable bonds is 7. The van der Waals surface area contributed by atoms with E-state index in [9.17, 15) is 9.59 Å². The smallest absolute Gasteiger partial charge is 0.309 e. The highest BCUT2D eigenvalue weighted by atomic mass is 16.5. The Kier molecular flexibility index (Phi) is 5.93. The summed E-state index contributed by atoms with van der Waals surface area (Å²) in [6.07, 6.45) is 0.403. The molecule has 0 heterocycles. The molecule has 0 unspecified atom stereocenters. The van der Waals surface area contributed by atoms with E-state index in [0.29, 0.717) is 19.6 Å². The lowest BCUT2D eigenvalue weighted by atomic mass is 9.90. The summed E-state index contributed by atoms with van der Waals surface area (Å²) < 4.78 is 4.90. The predicted octanol–water partition coefficient (Wildman–Crippen LogP) is 0.640. The second kappa shape index (κ2) is 6.40. The number of amides is 1. The number of aliphatic carboxylic acids is 1. The molecule has 0 rings (SSSR count). The first-order valence-electron chi connectivity index (χ1n) is 4.98. The maximum Gasteiger partial charge on any atom is 0.309 e. The molecule has 2 N–H and O–H groups in total. The van der Waals surface area contributed by atoms with Crippen LogP contribution in [0.5, 0.6) is 0 Å². The van der Waals surface area contributed by atoms with Crippen molar-refractivity contribution < 1.29 is 19.4 Å². The molecule has 15 heavy (non-hydrogen) atoms. The van der Waals surface area contributed by atoms with Gasteiger partial charge < -0.3 is 15.2 Å². The van der Waals surface area contributed by atoms with Gasteiger partial charge in [0.2, 0.25) is 5.91 Å². The first kappa shape index (κ1) is 13.9. The molecule has 0 aliphatic carbocycles. The van der Waals surface area contributed by atoms with Gasteiger partial charge in [-0.15, -0.1) is 0 Å². The van der Waals surface area contributed by atoms with Gasteiger partial charge in [0, 0.05) is 13.2 Å². The molecule has 0 radical (unpaired) electrons. The Balaban J connectivity index is 3.70. The molecule has 88 valence electrons. The van der Waals surface area contributed by atoms with Crippen molar-refractivity contribution in [2.24, 2.45) is 5.41 Å². The standard InChI is InChI=1S/C10H19NO4/c1-4-15-7-8(12)11-6-5-10(2,3)9(13)14/h4-7H2,1-3H3,(H,11,12)(H,13,14). The van der Waals surface area contributed by atoms with Gasteiger partial charge >= 0.3 is 5.97 Å². The van der Waals surface area contributed by atoms with Crippen molar-refractivity contribution in [3.8, 4) is 0 Å². The molecular weight excluding hydrogens is 198 g/mol. The van der Waals surface area contributed by atoms with Gasteiger partial charge in [-0.25, -0.2) is 0 Å². The van der Waals surface area contributed by atoms with Crippen LogP contribution in [0.25, 0.3) is 0 Å². The maximum atomic E-state index is 11.1. The Hall–Kier alpha value is -1.10. The number of nitrogens with one attached hydrogen (secondary N) is 1. The first-order chi connectivity index (χ1) is 6.90. The van der Waals surface area contributed by atoms with Crippen molar-refractivity contribution in [3.05, 3.63) is 0 Å². The Labute approximate surface area is 89.8 Å². The van der Waals surface area contributed by atoms with E-state index in [4.69, 9.17) is 9.84 Å². The Morgan fingerprint density at radius 3 is 2.47 bits per heavy atom. The summed E-state index contributed by atoms with van der Waals surface area (Å²) in [6.45, 7) is 5.94. The molecule has 0 atom stereocenters. The number of carboxylic acid groups (broad SMARTS) is 1. The third-order valence-electron chi connectivity index (χ3n) is 2.09. The molecule has 1 amide bonds. The van der Waals surface area contributed by atoms with Crippen LogP contribution in [-0.4, -0.2) is 36.7 Å². The molecule has 0 bridgehead atoms. The van der Waals surface area contributed by atoms with Gasteiger partial charge in [0.05, 0.1) is 5.41 Å². The van der Waals surface area contributed by atoms with Gasteiger partial charge in [-0.05, 0) is 27.2 Å². The van der Waals surface area contributed by atoms with E-state index < -0.39 is 11.4 Å². The van der Waals surface area contributed by atoms with E-state index in [-0.39, 0.29) is 12.5 Å². The fourth-order valence-electron chi connectivity index (χ4n) is 0.867. The molecule has 0 aromatic carbocycles. The molecule has 0 fully saturated rings. The van der Waals surface area contributed by atoms with Gasteiger partial charge in [0.1, 0.15) is 6.61 Å². The van der Waals surface area contributed by atoms with Crippen molar-refractivity contribution in [1.82, 2.24) is 5.32 Å². The first-order valence-corrected chi connectivity index (χ1v) is 4.98. The van der Waals surface area contributed by atoms with Crippen molar-refractivity contribution in [1.29, 1.82) is 0 Å². The second-order valence-electron chi connectivity index (χ2n) is 3.93. The lowest BCUT2D eigenvalue weighted by Gasteiger charge is -2.18. The summed E-state index contributed by atoms with van der Waals surface area (Å²) in [5, 5.41) is 11.4. The number of hydrogen-bond donors (Lipinski definition) is 2. The molecule has 0 aromatic rings. The van der Waals surface area contributed by atoms with Crippen LogP contribution in [0.4, 0.5) is 0 Å². The van der Waals surface area contributed by atoms with Crippen LogP contribution in [0.2, 0.25) is 0 Å². The predicted molar refractivity (Wildman–Crippen MR) is 55.5 cm³/mol. The lowest BCUT2D eigenvalue weighted by Crippen LogP contribution is -2.33. The van der Waals surface area contributed by atoms with Crippen LogP contribution >= 0.6 is 0 Å². The van der Waals surface area contributed by atoms with E-state index >= 15 is 0 Å². The summed E-state index contributed by atoms with van der Waals surface area (Å²) in [7, 11) is 0. The van der Waals surface area contributed by atoms with Gasteiger partial charge in [0.15, 0.2) is 0 Å². The molecule has 0 aliphatic rings. The molecule has 0 saturated heterocycles. The summed E-state index contributed by atoms with van der Waals surface area (Å²) in [4.78, 5) is 21.8. The summed E-state index contributed by atoms with van der Waals surface area (Å²) >= 11 is 0. The third kappa shape index (κ3) is 6.06. The van der Waals surface area contributed by atoms with Crippen LogP contribution in [0, 0.1) is 5.41 Å². The summed E-state index contributed by atoms with van der Waals surface area (Å²) in [5.74, 6) is -1.07. The van der Waals surface area contributed by atoms with Crippen molar-refractivity contribution in [3.63, 3.8) is 0 Å². The lowest BCUT2D eigenvalue weighted by molar-refractivity contribution is -0.147. The Bertz CT molecular complexity index is 225.